The van der Waals surface area contributed by atoms with Gasteiger partial charge in [0.1, 0.15) is 0 Å². The minimum absolute atomic E-state index is 0.0211. The third-order valence-electron chi connectivity index (χ3n) is 3.63. The van der Waals surface area contributed by atoms with Gasteiger partial charge in [0.15, 0.2) is 0 Å². The molecule has 1 aromatic carbocycles. The van der Waals surface area contributed by atoms with Gasteiger partial charge in [0.2, 0.25) is 9.84 Å². The van der Waals surface area contributed by atoms with E-state index in [1.807, 2.05) is 11.8 Å². The number of nitrogens with zero attached hydrogens (tertiary/aromatic N) is 1. The van der Waals surface area contributed by atoms with Gasteiger partial charge in [0.05, 0.1) is 10.6 Å². The smallest absolute Gasteiger partial charge is 0.341 e. The van der Waals surface area contributed by atoms with Gasteiger partial charge in [-0.1, -0.05) is 12.1 Å². The van der Waals surface area contributed by atoms with E-state index in [1.54, 1.807) is 12.1 Å². The molecule has 1 fully saturated rings. The van der Waals surface area contributed by atoms with Crippen molar-refractivity contribution in [3.8, 4) is 0 Å². The molecular formula is C13H18F2N2O2S. The number of rotatable bonds is 3. The summed E-state index contributed by atoms with van der Waals surface area (Å²) in [5, 5.41) is 0. The first kappa shape index (κ1) is 15.2. The molecule has 2 atom stereocenters. The van der Waals surface area contributed by atoms with Gasteiger partial charge in [-0.25, -0.2) is 8.42 Å². The topological polar surface area (TPSA) is 63.4 Å². The van der Waals surface area contributed by atoms with Crippen LogP contribution in [0.5, 0.6) is 0 Å². The highest BCUT2D eigenvalue weighted by atomic mass is 32.2. The fourth-order valence-corrected chi connectivity index (χ4v) is 3.53. The maximum absolute atomic E-state index is 12.8. The van der Waals surface area contributed by atoms with Crippen LogP contribution in [-0.2, 0) is 9.84 Å². The van der Waals surface area contributed by atoms with Crippen LogP contribution in [0.1, 0.15) is 19.8 Å². The highest BCUT2D eigenvalue weighted by Crippen LogP contribution is 2.32. The zero-order valence-electron chi connectivity index (χ0n) is 11.2. The highest BCUT2D eigenvalue weighted by molar-refractivity contribution is 7.91. The van der Waals surface area contributed by atoms with Gasteiger partial charge >= 0.3 is 5.76 Å². The molecule has 1 saturated heterocycles. The first-order valence-corrected chi connectivity index (χ1v) is 8.02. The van der Waals surface area contributed by atoms with Crippen LogP contribution >= 0.6 is 0 Å². The number of hydrogen-bond donors (Lipinski definition) is 1. The molecule has 0 aromatic heterocycles. The Morgan fingerprint density at radius 3 is 2.60 bits per heavy atom. The summed E-state index contributed by atoms with van der Waals surface area (Å²) in [5.74, 6) is -3.41. The number of piperidine rings is 1. The fraction of sp³-hybridized carbons (Fsp3) is 0.538. The summed E-state index contributed by atoms with van der Waals surface area (Å²) < 4.78 is 49.1. The number of alkyl halides is 2. The van der Waals surface area contributed by atoms with Gasteiger partial charge in [-0.3, -0.25) is 0 Å². The minimum Gasteiger partial charge on any atom is -0.368 e. The van der Waals surface area contributed by atoms with Crippen molar-refractivity contribution >= 4 is 15.5 Å². The quantitative estimate of drug-likeness (QED) is 0.927. The van der Waals surface area contributed by atoms with Crippen LogP contribution in [0.4, 0.5) is 14.5 Å². The molecule has 1 aromatic rings. The summed E-state index contributed by atoms with van der Waals surface area (Å²) in [6.45, 7) is 2.49. The van der Waals surface area contributed by atoms with Crippen LogP contribution in [0.25, 0.3) is 0 Å². The lowest BCUT2D eigenvalue weighted by Gasteiger charge is -2.38. The molecule has 2 N–H and O–H groups in total. The van der Waals surface area contributed by atoms with Crippen LogP contribution in [0.15, 0.2) is 29.2 Å². The predicted octanol–water partition coefficient (Wildman–Crippen LogP) is 2.00. The highest BCUT2D eigenvalue weighted by Gasteiger charge is 2.33. The number of hydrogen-bond acceptors (Lipinski definition) is 4. The van der Waals surface area contributed by atoms with Crippen molar-refractivity contribution < 1.29 is 17.2 Å². The lowest BCUT2D eigenvalue weighted by molar-refractivity contribution is 0.234. The SMILES string of the molecule is CC1CC(N)CCN1c1ccccc1S(=O)(=O)C(F)F. The Labute approximate surface area is 117 Å². The van der Waals surface area contributed by atoms with Gasteiger partial charge in [-0.05, 0) is 31.9 Å². The summed E-state index contributed by atoms with van der Waals surface area (Å²) in [4.78, 5) is 1.54. The summed E-state index contributed by atoms with van der Waals surface area (Å²) in [6.07, 6.45) is 1.43. The molecule has 2 unspecified atom stereocenters. The van der Waals surface area contributed by atoms with Crippen molar-refractivity contribution in [1.29, 1.82) is 0 Å². The number of halogens is 2. The van der Waals surface area contributed by atoms with E-state index >= 15 is 0 Å². The van der Waals surface area contributed by atoms with Crippen LogP contribution in [0.2, 0.25) is 0 Å². The van der Waals surface area contributed by atoms with E-state index in [2.05, 4.69) is 0 Å². The number of anilines is 1. The van der Waals surface area contributed by atoms with Crippen molar-refractivity contribution in [2.24, 2.45) is 5.73 Å². The van der Waals surface area contributed by atoms with Crippen molar-refractivity contribution in [3.05, 3.63) is 24.3 Å². The Balaban J connectivity index is 2.43. The molecule has 1 aliphatic rings. The Kier molecular flexibility index (Phi) is 4.29. The maximum atomic E-state index is 12.8. The first-order chi connectivity index (χ1) is 9.34. The lowest BCUT2D eigenvalue weighted by atomic mass is 9.98. The van der Waals surface area contributed by atoms with Crippen LogP contribution in [-0.4, -0.2) is 32.8 Å². The van der Waals surface area contributed by atoms with E-state index in [-0.39, 0.29) is 17.0 Å². The zero-order chi connectivity index (χ0) is 14.9. The molecule has 1 heterocycles. The number of nitrogens with two attached hydrogens (primary N) is 1. The number of sulfone groups is 1. The van der Waals surface area contributed by atoms with Crippen molar-refractivity contribution in [2.75, 3.05) is 11.4 Å². The molecule has 0 spiro atoms. The largest absolute Gasteiger partial charge is 0.368 e. The molecule has 0 bridgehead atoms. The van der Waals surface area contributed by atoms with Gasteiger partial charge in [-0.15, -0.1) is 0 Å². The van der Waals surface area contributed by atoms with Crippen LogP contribution in [0.3, 0.4) is 0 Å². The molecule has 112 valence electrons. The normalized spacial score (nSPS) is 24.1. The second-order valence-corrected chi connectivity index (χ2v) is 6.99. The molecule has 0 radical (unpaired) electrons. The second kappa shape index (κ2) is 5.65. The molecule has 0 amide bonds. The molecule has 20 heavy (non-hydrogen) atoms. The van der Waals surface area contributed by atoms with Gasteiger partial charge in [0.25, 0.3) is 0 Å². The third kappa shape index (κ3) is 2.78. The predicted molar refractivity (Wildman–Crippen MR) is 73.6 cm³/mol. The summed E-state index contributed by atoms with van der Waals surface area (Å²) in [5.41, 5.74) is 6.21. The minimum atomic E-state index is -4.60. The average molecular weight is 304 g/mol. The van der Waals surface area contributed by atoms with Crippen LogP contribution < -0.4 is 10.6 Å². The standard InChI is InChI=1S/C13H18F2N2O2S/c1-9-8-10(16)6-7-17(9)11-4-2-3-5-12(11)20(18,19)13(14)15/h2-5,9-10,13H,6-8,16H2,1H3. The summed E-state index contributed by atoms with van der Waals surface area (Å²) in [7, 11) is -4.60. The monoisotopic (exact) mass is 304 g/mol. The lowest BCUT2D eigenvalue weighted by Crippen LogP contribution is -2.46. The maximum Gasteiger partial charge on any atom is 0.341 e. The Morgan fingerprint density at radius 1 is 1.35 bits per heavy atom. The summed E-state index contributed by atoms with van der Waals surface area (Å²) in [6, 6.07) is 6.01. The second-order valence-electron chi connectivity index (χ2n) is 5.10. The van der Waals surface area contributed by atoms with Crippen molar-refractivity contribution in [1.82, 2.24) is 0 Å². The van der Waals surface area contributed by atoms with E-state index in [9.17, 15) is 17.2 Å². The molecule has 2 rings (SSSR count). The van der Waals surface area contributed by atoms with E-state index in [0.29, 0.717) is 25.1 Å². The summed E-state index contributed by atoms with van der Waals surface area (Å²) >= 11 is 0. The van der Waals surface area contributed by atoms with Gasteiger partial charge in [0, 0.05) is 18.6 Å². The molecule has 0 aliphatic carbocycles. The Hall–Kier alpha value is -1.21. The molecule has 7 heteroatoms. The van der Waals surface area contributed by atoms with Gasteiger partial charge < -0.3 is 10.6 Å². The molecule has 4 nitrogen and oxygen atoms in total. The third-order valence-corrected chi connectivity index (χ3v) is 5.06. The Morgan fingerprint density at radius 2 is 2.00 bits per heavy atom. The van der Waals surface area contributed by atoms with Gasteiger partial charge in [-0.2, -0.15) is 8.78 Å². The Bertz CT molecular complexity index is 577. The van der Waals surface area contributed by atoms with E-state index in [4.69, 9.17) is 5.73 Å². The average Bonchev–Trinajstić information content (AvgIpc) is 2.38. The van der Waals surface area contributed by atoms with E-state index < -0.39 is 15.6 Å². The van der Waals surface area contributed by atoms with Crippen molar-refractivity contribution in [3.63, 3.8) is 0 Å². The van der Waals surface area contributed by atoms with Crippen LogP contribution in [0, 0.1) is 0 Å². The zero-order valence-corrected chi connectivity index (χ0v) is 12.0. The van der Waals surface area contributed by atoms with E-state index in [0.717, 1.165) is 0 Å². The molecular weight excluding hydrogens is 286 g/mol. The number of para-hydroxylation sites is 1. The molecule has 1 aliphatic heterocycles. The molecule has 0 saturated carbocycles. The van der Waals surface area contributed by atoms with E-state index in [1.165, 1.54) is 12.1 Å². The first-order valence-electron chi connectivity index (χ1n) is 6.47. The fourth-order valence-electron chi connectivity index (χ4n) is 2.60. The van der Waals surface area contributed by atoms with Crippen molar-refractivity contribution in [2.45, 2.75) is 42.5 Å². The number of benzene rings is 1.